The van der Waals surface area contributed by atoms with E-state index in [2.05, 4.69) is 41.2 Å². The summed E-state index contributed by atoms with van der Waals surface area (Å²) in [6.45, 7) is 6.76. The van der Waals surface area contributed by atoms with Gasteiger partial charge in [-0.2, -0.15) is 0 Å². The molecule has 0 bridgehead atoms. The molecular weight excluding hydrogens is 242 g/mol. The highest BCUT2D eigenvalue weighted by Crippen LogP contribution is 2.36. The SMILES string of the molecule is CC(C)(c1ccc(Br)o1)C1CCNC1. The van der Waals surface area contributed by atoms with Crippen LogP contribution in [0.5, 0.6) is 0 Å². The fourth-order valence-electron chi connectivity index (χ4n) is 2.13. The minimum Gasteiger partial charge on any atom is -0.454 e. The van der Waals surface area contributed by atoms with E-state index in [-0.39, 0.29) is 5.41 Å². The number of furan rings is 1. The number of rotatable bonds is 2. The van der Waals surface area contributed by atoms with E-state index in [1.165, 1.54) is 6.42 Å². The molecule has 3 heteroatoms. The zero-order valence-corrected chi connectivity index (χ0v) is 10.2. The molecule has 1 atom stereocenters. The van der Waals surface area contributed by atoms with Crippen molar-refractivity contribution in [1.29, 1.82) is 0 Å². The van der Waals surface area contributed by atoms with E-state index in [0.717, 1.165) is 23.5 Å². The van der Waals surface area contributed by atoms with Crippen LogP contribution in [0.2, 0.25) is 0 Å². The summed E-state index contributed by atoms with van der Waals surface area (Å²) in [7, 11) is 0. The first kappa shape index (κ1) is 10.2. The molecule has 0 radical (unpaired) electrons. The van der Waals surface area contributed by atoms with E-state index < -0.39 is 0 Å². The topological polar surface area (TPSA) is 25.2 Å². The van der Waals surface area contributed by atoms with Gasteiger partial charge in [-0.1, -0.05) is 13.8 Å². The summed E-state index contributed by atoms with van der Waals surface area (Å²) in [5.74, 6) is 1.76. The van der Waals surface area contributed by atoms with Gasteiger partial charge in [-0.3, -0.25) is 0 Å². The largest absolute Gasteiger partial charge is 0.454 e. The molecular formula is C11H16BrNO. The summed E-state index contributed by atoms with van der Waals surface area (Å²) in [6, 6.07) is 4.04. The fourth-order valence-corrected chi connectivity index (χ4v) is 2.44. The summed E-state index contributed by atoms with van der Waals surface area (Å²) >= 11 is 3.35. The monoisotopic (exact) mass is 257 g/mol. The van der Waals surface area contributed by atoms with Gasteiger partial charge in [0.15, 0.2) is 4.67 Å². The van der Waals surface area contributed by atoms with Crippen molar-refractivity contribution in [3.05, 3.63) is 22.6 Å². The lowest BCUT2D eigenvalue weighted by Crippen LogP contribution is -2.29. The van der Waals surface area contributed by atoms with Gasteiger partial charge >= 0.3 is 0 Å². The van der Waals surface area contributed by atoms with Gasteiger partial charge in [-0.05, 0) is 53.5 Å². The second-order valence-electron chi connectivity index (χ2n) is 4.52. The van der Waals surface area contributed by atoms with Gasteiger partial charge in [-0.15, -0.1) is 0 Å². The first-order valence-electron chi connectivity index (χ1n) is 5.07. The van der Waals surface area contributed by atoms with Crippen LogP contribution in [0.4, 0.5) is 0 Å². The van der Waals surface area contributed by atoms with Gasteiger partial charge < -0.3 is 9.73 Å². The normalized spacial score (nSPS) is 22.9. The molecule has 78 valence electrons. The van der Waals surface area contributed by atoms with Gasteiger partial charge in [-0.25, -0.2) is 0 Å². The molecule has 1 aromatic rings. The van der Waals surface area contributed by atoms with Crippen molar-refractivity contribution in [3.63, 3.8) is 0 Å². The molecule has 2 nitrogen and oxygen atoms in total. The number of halogens is 1. The lowest BCUT2D eigenvalue weighted by molar-refractivity contribution is 0.278. The average molecular weight is 258 g/mol. The lowest BCUT2D eigenvalue weighted by atomic mass is 9.76. The first-order chi connectivity index (χ1) is 6.60. The third kappa shape index (κ3) is 1.75. The molecule has 1 N–H and O–H groups in total. The number of nitrogens with one attached hydrogen (secondary N) is 1. The highest BCUT2D eigenvalue weighted by Gasteiger charge is 2.35. The van der Waals surface area contributed by atoms with Crippen molar-refractivity contribution in [3.8, 4) is 0 Å². The molecule has 1 aliphatic heterocycles. The van der Waals surface area contributed by atoms with E-state index in [1.54, 1.807) is 0 Å². The standard InChI is InChI=1S/C11H16BrNO/c1-11(2,8-5-6-13-7-8)9-3-4-10(12)14-9/h3-4,8,13H,5-7H2,1-2H3. The van der Waals surface area contributed by atoms with E-state index in [1.807, 2.05) is 6.07 Å². The molecule has 0 saturated carbocycles. The number of hydrogen-bond donors (Lipinski definition) is 1. The third-order valence-corrected chi connectivity index (χ3v) is 3.72. The Morgan fingerprint density at radius 2 is 2.29 bits per heavy atom. The maximum Gasteiger partial charge on any atom is 0.169 e. The smallest absolute Gasteiger partial charge is 0.169 e. The van der Waals surface area contributed by atoms with Crippen molar-refractivity contribution in [2.24, 2.45) is 5.92 Å². The van der Waals surface area contributed by atoms with Crippen LogP contribution in [0.1, 0.15) is 26.0 Å². The fraction of sp³-hybridized carbons (Fsp3) is 0.636. The molecule has 1 saturated heterocycles. The Morgan fingerprint density at radius 3 is 2.79 bits per heavy atom. The van der Waals surface area contributed by atoms with Crippen molar-refractivity contribution in [1.82, 2.24) is 5.32 Å². The van der Waals surface area contributed by atoms with Crippen LogP contribution >= 0.6 is 15.9 Å². The Labute approximate surface area is 93.2 Å². The average Bonchev–Trinajstić information content (AvgIpc) is 2.72. The van der Waals surface area contributed by atoms with Gasteiger partial charge in [0.1, 0.15) is 5.76 Å². The molecule has 1 fully saturated rings. The molecule has 1 aliphatic rings. The van der Waals surface area contributed by atoms with E-state index >= 15 is 0 Å². The molecule has 0 spiro atoms. The summed E-state index contributed by atoms with van der Waals surface area (Å²) in [5.41, 5.74) is 0.134. The van der Waals surface area contributed by atoms with Crippen molar-refractivity contribution >= 4 is 15.9 Å². The van der Waals surface area contributed by atoms with Crippen LogP contribution in [0.3, 0.4) is 0 Å². The Balaban J connectivity index is 2.22. The summed E-state index contributed by atoms with van der Waals surface area (Å²) in [4.78, 5) is 0. The second-order valence-corrected chi connectivity index (χ2v) is 5.30. The van der Waals surface area contributed by atoms with Crippen LogP contribution in [0.25, 0.3) is 0 Å². The van der Waals surface area contributed by atoms with Crippen LogP contribution in [0, 0.1) is 5.92 Å². The molecule has 1 unspecified atom stereocenters. The van der Waals surface area contributed by atoms with E-state index in [0.29, 0.717) is 5.92 Å². The van der Waals surface area contributed by atoms with Crippen LogP contribution < -0.4 is 5.32 Å². The molecule has 2 heterocycles. The molecule has 1 aromatic heterocycles. The van der Waals surface area contributed by atoms with Gasteiger partial charge in [0, 0.05) is 5.41 Å². The molecule has 0 amide bonds. The van der Waals surface area contributed by atoms with Crippen molar-refractivity contribution in [2.75, 3.05) is 13.1 Å². The molecule has 2 rings (SSSR count). The van der Waals surface area contributed by atoms with Crippen LogP contribution in [-0.4, -0.2) is 13.1 Å². The first-order valence-corrected chi connectivity index (χ1v) is 5.86. The molecule has 14 heavy (non-hydrogen) atoms. The Hall–Kier alpha value is -0.280. The Morgan fingerprint density at radius 1 is 1.50 bits per heavy atom. The second kappa shape index (κ2) is 3.70. The van der Waals surface area contributed by atoms with Crippen LogP contribution in [-0.2, 0) is 5.41 Å². The van der Waals surface area contributed by atoms with E-state index in [4.69, 9.17) is 4.42 Å². The van der Waals surface area contributed by atoms with E-state index in [9.17, 15) is 0 Å². The highest BCUT2D eigenvalue weighted by atomic mass is 79.9. The van der Waals surface area contributed by atoms with Gasteiger partial charge in [0.2, 0.25) is 0 Å². The van der Waals surface area contributed by atoms with Crippen LogP contribution in [0.15, 0.2) is 21.2 Å². The summed E-state index contributed by atoms with van der Waals surface area (Å²) < 4.78 is 6.48. The third-order valence-electron chi connectivity index (χ3n) is 3.29. The van der Waals surface area contributed by atoms with Gasteiger partial charge in [0.05, 0.1) is 0 Å². The quantitative estimate of drug-likeness (QED) is 0.882. The lowest BCUT2D eigenvalue weighted by Gasteiger charge is -2.28. The predicted octanol–water partition coefficient (Wildman–Crippen LogP) is 2.93. The summed E-state index contributed by atoms with van der Waals surface area (Å²) in [6.07, 6.45) is 1.24. The molecule has 0 aromatic carbocycles. The summed E-state index contributed by atoms with van der Waals surface area (Å²) in [5, 5.41) is 3.40. The number of hydrogen-bond acceptors (Lipinski definition) is 2. The highest BCUT2D eigenvalue weighted by molar-refractivity contribution is 9.10. The minimum atomic E-state index is 0.134. The molecule has 0 aliphatic carbocycles. The van der Waals surface area contributed by atoms with Crippen molar-refractivity contribution in [2.45, 2.75) is 25.7 Å². The maximum atomic E-state index is 5.65. The van der Waals surface area contributed by atoms with Crippen molar-refractivity contribution < 1.29 is 4.42 Å². The minimum absolute atomic E-state index is 0.134. The zero-order chi connectivity index (χ0) is 10.2. The predicted molar refractivity (Wildman–Crippen MR) is 60.4 cm³/mol. The Bertz CT molecular complexity index is 313. The Kier molecular flexibility index (Phi) is 2.71. The zero-order valence-electron chi connectivity index (χ0n) is 8.64. The van der Waals surface area contributed by atoms with Gasteiger partial charge in [0.25, 0.3) is 0 Å². The maximum absolute atomic E-state index is 5.65.